The molecule has 0 fully saturated rings. The molecule has 0 bridgehead atoms. The fraction of sp³-hybridized carbons (Fsp3) is 0.188. The predicted molar refractivity (Wildman–Crippen MR) is 91.4 cm³/mol. The van der Waals surface area contributed by atoms with E-state index >= 15 is 0 Å². The number of hydrogen-bond donors (Lipinski definition) is 2. The summed E-state index contributed by atoms with van der Waals surface area (Å²) in [5.74, 6) is 6.41. The first-order valence-electron chi connectivity index (χ1n) is 7.48. The van der Waals surface area contributed by atoms with Crippen molar-refractivity contribution in [2.24, 2.45) is 0 Å². The molecule has 9 heteroatoms. The Labute approximate surface area is 147 Å². The Morgan fingerprint density at radius 1 is 1.40 bits per heavy atom. The summed E-state index contributed by atoms with van der Waals surface area (Å²) in [6, 6.07) is 9.44. The maximum atomic E-state index is 13.3. The topological polar surface area (TPSA) is 99.0 Å². The molecule has 1 atom stereocenters. The van der Waals surface area contributed by atoms with Gasteiger partial charge in [0.1, 0.15) is 11.6 Å². The van der Waals surface area contributed by atoms with Crippen molar-refractivity contribution in [1.29, 1.82) is 0 Å². The van der Waals surface area contributed by atoms with Gasteiger partial charge in [0, 0.05) is 5.56 Å². The summed E-state index contributed by atoms with van der Waals surface area (Å²) < 4.78 is 19.8. The Kier molecular flexibility index (Phi) is 5.03. The summed E-state index contributed by atoms with van der Waals surface area (Å²) >= 11 is 1.16. The normalized spacial score (nSPS) is 12.1. The zero-order valence-corrected chi connectivity index (χ0v) is 14.2. The summed E-state index contributed by atoms with van der Waals surface area (Å²) in [6.45, 7) is 2.04. The molecule has 3 aromatic rings. The minimum absolute atomic E-state index is 0.184. The van der Waals surface area contributed by atoms with E-state index < -0.39 is 5.25 Å². The van der Waals surface area contributed by atoms with E-state index in [9.17, 15) is 9.18 Å². The molecule has 130 valence electrons. The standard InChI is InChI=1S/C16H16FN5O2S/c1-10(15(23)19-9-13-6-3-7-24-13)25-16-21-20-14(22(16)18)11-4-2-5-12(17)8-11/h2-8,10H,9,18H2,1H3,(H,19,23)/t10-/m1/s1. The number of hydrogen-bond acceptors (Lipinski definition) is 6. The number of nitrogens with two attached hydrogens (primary N) is 1. The van der Waals surface area contributed by atoms with E-state index in [0.717, 1.165) is 11.8 Å². The van der Waals surface area contributed by atoms with Gasteiger partial charge in [-0.05, 0) is 31.2 Å². The number of nitrogens with zero attached hydrogens (tertiary/aromatic N) is 3. The minimum atomic E-state index is -0.443. The molecule has 0 aliphatic carbocycles. The summed E-state index contributed by atoms with van der Waals surface area (Å²) in [6.07, 6.45) is 1.55. The monoisotopic (exact) mass is 361 g/mol. The Bertz CT molecular complexity index is 865. The van der Waals surface area contributed by atoms with Crippen LogP contribution in [0.5, 0.6) is 0 Å². The second-order valence-corrected chi connectivity index (χ2v) is 6.55. The number of carbonyl (C=O) groups excluding carboxylic acids is 1. The fourth-order valence-corrected chi connectivity index (χ4v) is 2.92. The van der Waals surface area contributed by atoms with Crippen LogP contribution in [0.2, 0.25) is 0 Å². The molecule has 2 heterocycles. The molecule has 3 rings (SSSR count). The highest BCUT2D eigenvalue weighted by molar-refractivity contribution is 8.00. The molecule has 0 spiro atoms. The van der Waals surface area contributed by atoms with E-state index in [1.807, 2.05) is 0 Å². The van der Waals surface area contributed by atoms with Crippen LogP contribution in [-0.2, 0) is 11.3 Å². The highest BCUT2D eigenvalue weighted by Gasteiger charge is 2.20. The molecule has 1 amide bonds. The van der Waals surface area contributed by atoms with Gasteiger partial charge in [-0.1, -0.05) is 23.9 Å². The molecule has 2 aromatic heterocycles. The van der Waals surface area contributed by atoms with Crippen LogP contribution in [0.3, 0.4) is 0 Å². The summed E-state index contributed by atoms with van der Waals surface area (Å²) in [5.41, 5.74) is 0.511. The highest BCUT2D eigenvalue weighted by Crippen LogP contribution is 2.25. The molecule has 0 aliphatic heterocycles. The molecule has 0 saturated carbocycles. The zero-order chi connectivity index (χ0) is 17.8. The third-order valence-corrected chi connectivity index (χ3v) is 4.47. The Hall–Kier alpha value is -2.81. The maximum Gasteiger partial charge on any atom is 0.233 e. The van der Waals surface area contributed by atoms with Crippen LogP contribution in [-0.4, -0.2) is 26.0 Å². The van der Waals surface area contributed by atoms with Crippen molar-refractivity contribution in [3.63, 3.8) is 0 Å². The van der Waals surface area contributed by atoms with Crippen molar-refractivity contribution < 1.29 is 13.6 Å². The quantitative estimate of drug-likeness (QED) is 0.516. The number of thioether (sulfide) groups is 1. The molecule has 0 saturated heterocycles. The summed E-state index contributed by atoms with van der Waals surface area (Å²) in [4.78, 5) is 12.2. The Balaban J connectivity index is 1.65. The number of carbonyl (C=O) groups is 1. The van der Waals surface area contributed by atoms with Crippen molar-refractivity contribution in [2.75, 3.05) is 5.84 Å². The van der Waals surface area contributed by atoms with Gasteiger partial charge in [-0.15, -0.1) is 10.2 Å². The van der Waals surface area contributed by atoms with E-state index in [2.05, 4.69) is 15.5 Å². The van der Waals surface area contributed by atoms with Gasteiger partial charge in [0.05, 0.1) is 18.1 Å². The summed E-state index contributed by atoms with van der Waals surface area (Å²) in [7, 11) is 0. The van der Waals surface area contributed by atoms with E-state index in [4.69, 9.17) is 10.3 Å². The van der Waals surface area contributed by atoms with E-state index in [-0.39, 0.29) is 11.7 Å². The third-order valence-electron chi connectivity index (χ3n) is 3.42. The number of halogens is 1. The first kappa shape index (κ1) is 17.0. The molecular formula is C16H16FN5O2S. The van der Waals surface area contributed by atoms with Crippen molar-refractivity contribution in [1.82, 2.24) is 20.2 Å². The van der Waals surface area contributed by atoms with E-state index in [0.29, 0.717) is 28.8 Å². The second-order valence-electron chi connectivity index (χ2n) is 5.24. The van der Waals surface area contributed by atoms with Crippen LogP contribution in [0.25, 0.3) is 11.4 Å². The molecule has 7 nitrogen and oxygen atoms in total. The predicted octanol–water partition coefficient (Wildman–Crippen LogP) is 2.19. The molecule has 0 unspecified atom stereocenters. The highest BCUT2D eigenvalue weighted by atomic mass is 32.2. The van der Waals surface area contributed by atoms with Crippen molar-refractivity contribution in [2.45, 2.75) is 23.9 Å². The van der Waals surface area contributed by atoms with E-state index in [1.54, 1.807) is 37.5 Å². The zero-order valence-electron chi connectivity index (χ0n) is 13.3. The lowest BCUT2D eigenvalue weighted by Gasteiger charge is -2.10. The van der Waals surface area contributed by atoms with Crippen LogP contribution >= 0.6 is 11.8 Å². The van der Waals surface area contributed by atoms with Crippen LogP contribution in [0.1, 0.15) is 12.7 Å². The molecule has 1 aromatic carbocycles. The smallest absolute Gasteiger partial charge is 0.233 e. The molecule has 0 aliphatic rings. The first-order chi connectivity index (χ1) is 12.0. The number of aromatic nitrogens is 3. The molecule has 25 heavy (non-hydrogen) atoms. The number of rotatable bonds is 6. The van der Waals surface area contributed by atoms with Gasteiger partial charge in [0.2, 0.25) is 11.1 Å². The van der Waals surface area contributed by atoms with Gasteiger partial charge < -0.3 is 15.6 Å². The lowest BCUT2D eigenvalue weighted by Crippen LogP contribution is -2.30. The average molecular weight is 361 g/mol. The average Bonchev–Trinajstić information content (AvgIpc) is 3.23. The largest absolute Gasteiger partial charge is 0.467 e. The SMILES string of the molecule is C[C@@H](Sc1nnc(-c2cccc(F)c2)n1N)C(=O)NCc1ccco1. The van der Waals surface area contributed by atoms with Gasteiger partial charge in [-0.25, -0.2) is 9.07 Å². The lowest BCUT2D eigenvalue weighted by molar-refractivity contribution is -0.120. The number of furan rings is 1. The van der Waals surface area contributed by atoms with Crippen molar-refractivity contribution in [3.8, 4) is 11.4 Å². The Morgan fingerprint density at radius 3 is 2.96 bits per heavy atom. The lowest BCUT2D eigenvalue weighted by atomic mass is 10.2. The molecule has 3 N–H and O–H groups in total. The van der Waals surface area contributed by atoms with Crippen molar-refractivity contribution >= 4 is 17.7 Å². The van der Waals surface area contributed by atoms with Crippen LogP contribution < -0.4 is 11.2 Å². The second kappa shape index (κ2) is 7.39. The maximum absolute atomic E-state index is 13.3. The Morgan fingerprint density at radius 2 is 2.24 bits per heavy atom. The van der Waals surface area contributed by atoms with Gasteiger partial charge in [0.25, 0.3) is 0 Å². The molecule has 0 radical (unpaired) electrons. The van der Waals surface area contributed by atoms with E-state index in [1.165, 1.54) is 16.8 Å². The number of nitrogens with one attached hydrogen (secondary N) is 1. The number of nitrogen functional groups attached to an aromatic ring is 1. The minimum Gasteiger partial charge on any atom is -0.467 e. The third kappa shape index (κ3) is 4.00. The number of benzene rings is 1. The van der Waals surface area contributed by atoms with Crippen LogP contribution in [0.4, 0.5) is 4.39 Å². The van der Waals surface area contributed by atoms with Gasteiger partial charge >= 0.3 is 0 Å². The number of amides is 1. The van der Waals surface area contributed by atoms with Gasteiger partial charge in [0.15, 0.2) is 5.82 Å². The molecular weight excluding hydrogens is 345 g/mol. The van der Waals surface area contributed by atoms with Gasteiger partial charge in [-0.2, -0.15) is 0 Å². The van der Waals surface area contributed by atoms with Gasteiger partial charge in [-0.3, -0.25) is 4.79 Å². The van der Waals surface area contributed by atoms with Crippen LogP contribution in [0, 0.1) is 5.82 Å². The van der Waals surface area contributed by atoms with Crippen molar-refractivity contribution in [3.05, 3.63) is 54.2 Å². The van der Waals surface area contributed by atoms with Crippen LogP contribution in [0.15, 0.2) is 52.2 Å². The first-order valence-corrected chi connectivity index (χ1v) is 8.35. The summed E-state index contributed by atoms with van der Waals surface area (Å²) in [5, 5.41) is 10.7. The fourth-order valence-electron chi connectivity index (χ4n) is 2.12.